The number of nitrogens with zero attached hydrogens (tertiary/aromatic N) is 1. The maximum atomic E-state index is 11.7. The van der Waals surface area contributed by atoms with Crippen molar-refractivity contribution in [2.75, 3.05) is 25.9 Å². The maximum absolute atomic E-state index is 11.7. The molecule has 0 atom stereocenters. The molecule has 0 aliphatic carbocycles. The lowest BCUT2D eigenvalue weighted by atomic mass is 10.3. The summed E-state index contributed by atoms with van der Waals surface area (Å²) in [4.78, 5) is 13.4. The summed E-state index contributed by atoms with van der Waals surface area (Å²) in [7, 11) is 1.76. The fourth-order valence-corrected chi connectivity index (χ4v) is 1.50. The highest BCUT2D eigenvalue weighted by Crippen LogP contribution is 2.13. The molecule has 1 aromatic rings. The standard InChI is InChI=1S/C14H20N2O2/c1-11(2)10-16(3)14(17)8-9-18-13-6-4-12(15)5-7-13/h4-7H,1,8-10,15H2,2-3H3. The van der Waals surface area contributed by atoms with Gasteiger partial charge in [0.1, 0.15) is 5.75 Å². The van der Waals surface area contributed by atoms with Crippen molar-refractivity contribution in [3.05, 3.63) is 36.4 Å². The number of nitrogens with two attached hydrogens (primary N) is 1. The average Bonchev–Trinajstić information content (AvgIpc) is 2.30. The van der Waals surface area contributed by atoms with Crippen LogP contribution in [0.3, 0.4) is 0 Å². The lowest BCUT2D eigenvalue weighted by Gasteiger charge is -2.17. The molecule has 1 amide bonds. The molecule has 98 valence electrons. The van der Waals surface area contributed by atoms with Crippen molar-refractivity contribution in [1.82, 2.24) is 4.90 Å². The number of ether oxygens (including phenoxy) is 1. The lowest BCUT2D eigenvalue weighted by molar-refractivity contribution is -0.130. The monoisotopic (exact) mass is 248 g/mol. The van der Waals surface area contributed by atoms with Crippen molar-refractivity contribution in [1.29, 1.82) is 0 Å². The molecule has 0 heterocycles. The number of benzene rings is 1. The van der Waals surface area contributed by atoms with E-state index in [4.69, 9.17) is 10.5 Å². The van der Waals surface area contributed by atoms with Crippen LogP contribution in [0.4, 0.5) is 5.69 Å². The number of hydrogen-bond donors (Lipinski definition) is 1. The fourth-order valence-electron chi connectivity index (χ4n) is 1.50. The third-order valence-electron chi connectivity index (χ3n) is 2.40. The molecule has 4 nitrogen and oxygen atoms in total. The van der Waals surface area contributed by atoms with Gasteiger partial charge in [-0.2, -0.15) is 0 Å². The first-order chi connectivity index (χ1) is 8.49. The highest BCUT2D eigenvalue weighted by Gasteiger charge is 2.08. The number of rotatable bonds is 6. The molecule has 0 saturated heterocycles. The van der Waals surface area contributed by atoms with Gasteiger partial charge in [-0.15, -0.1) is 0 Å². The van der Waals surface area contributed by atoms with Crippen LogP contribution >= 0.6 is 0 Å². The Morgan fingerprint density at radius 3 is 2.56 bits per heavy atom. The SMILES string of the molecule is C=C(C)CN(C)C(=O)CCOc1ccc(N)cc1. The van der Waals surface area contributed by atoms with Gasteiger partial charge in [0.05, 0.1) is 13.0 Å². The molecule has 2 N–H and O–H groups in total. The minimum Gasteiger partial charge on any atom is -0.493 e. The van der Waals surface area contributed by atoms with E-state index in [9.17, 15) is 4.79 Å². The summed E-state index contributed by atoms with van der Waals surface area (Å²) in [6.07, 6.45) is 0.355. The molecule has 0 radical (unpaired) electrons. The summed E-state index contributed by atoms with van der Waals surface area (Å²) in [6.45, 7) is 6.62. The quantitative estimate of drug-likeness (QED) is 0.619. The summed E-state index contributed by atoms with van der Waals surface area (Å²) in [5.41, 5.74) is 7.22. The fraction of sp³-hybridized carbons (Fsp3) is 0.357. The van der Waals surface area contributed by atoms with Crippen LogP contribution in [0.5, 0.6) is 5.75 Å². The summed E-state index contributed by atoms with van der Waals surface area (Å²) < 4.78 is 5.46. The van der Waals surface area contributed by atoms with E-state index in [1.54, 1.807) is 36.2 Å². The average molecular weight is 248 g/mol. The van der Waals surface area contributed by atoms with Crippen LogP contribution in [0, 0.1) is 0 Å². The molecule has 1 aromatic carbocycles. The van der Waals surface area contributed by atoms with Gasteiger partial charge in [0.15, 0.2) is 0 Å². The zero-order valence-electron chi connectivity index (χ0n) is 11.0. The van der Waals surface area contributed by atoms with E-state index in [0.717, 1.165) is 11.3 Å². The van der Waals surface area contributed by atoms with Gasteiger partial charge in [-0.25, -0.2) is 0 Å². The van der Waals surface area contributed by atoms with E-state index in [1.807, 2.05) is 6.92 Å². The molecule has 0 fully saturated rings. The van der Waals surface area contributed by atoms with Crippen LogP contribution in [0.15, 0.2) is 36.4 Å². The molecule has 0 saturated carbocycles. The highest BCUT2D eigenvalue weighted by molar-refractivity contribution is 5.76. The lowest BCUT2D eigenvalue weighted by Crippen LogP contribution is -2.29. The maximum Gasteiger partial charge on any atom is 0.226 e. The Hall–Kier alpha value is -1.97. The van der Waals surface area contributed by atoms with Crippen LogP contribution < -0.4 is 10.5 Å². The molecule has 0 aromatic heterocycles. The zero-order chi connectivity index (χ0) is 13.5. The Balaban J connectivity index is 2.31. The second-order valence-corrected chi connectivity index (χ2v) is 4.37. The number of likely N-dealkylation sites (N-methyl/N-ethyl adjacent to an activating group) is 1. The first kappa shape index (κ1) is 14.1. The number of carbonyl (C=O) groups is 1. The molecule has 0 bridgehead atoms. The van der Waals surface area contributed by atoms with Gasteiger partial charge in [0, 0.05) is 19.3 Å². The third-order valence-corrected chi connectivity index (χ3v) is 2.40. The zero-order valence-corrected chi connectivity index (χ0v) is 11.0. The number of anilines is 1. The Morgan fingerprint density at radius 1 is 1.39 bits per heavy atom. The van der Waals surface area contributed by atoms with Gasteiger partial charge in [-0.3, -0.25) is 4.79 Å². The Morgan fingerprint density at radius 2 is 2.00 bits per heavy atom. The van der Waals surface area contributed by atoms with Crippen molar-refractivity contribution >= 4 is 11.6 Å². The van der Waals surface area contributed by atoms with Crippen molar-refractivity contribution in [3.8, 4) is 5.75 Å². The number of hydrogen-bond acceptors (Lipinski definition) is 3. The van der Waals surface area contributed by atoms with Crippen molar-refractivity contribution in [2.45, 2.75) is 13.3 Å². The van der Waals surface area contributed by atoms with E-state index < -0.39 is 0 Å². The minimum absolute atomic E-state index is 0.0495. The molecular weight excluding hydrogens is 228 g/mol. The number of amides is 1. The van der Waals surface area contributed by atoms with E-state index in [1.165, 1.54) is 0 Å². The van der Waals surface area contributed by atoms with Gasteiger partial charge < -0.3 is 15.4 Å². The van der Waals surface area contributed by atoms with Gasteiger partial charge in [-0.05, 0) is 31.2 Å². The normalized spacial score (nSPS) is 9.89. The molecule has 0 spiro atoms. The predicted octanol–water partition coefficient (Wildman–Crippen LogP) is 2.07. The van der Waals surface area contributed by atoms with Gasteiger partial charge in [-0.1, -0.05) is 12.2 Å². The summed E-state index contributed by atoms with van der Waals surface area (Å²) in [5.74, 6) is 0.771. The Labute approximate surface area is 108 Å². The first-order valence-electron chi connectivity index (χ1n) is 5.85. The summed E-state index contributed by atoms with van der Waals surface area (Å²) in [6, 6.07) is 7.11. The smallest absolute Gasteiger partial charge is 0.226 e. The number of nitrogen functional groups attached to an aromatic ring is 1. The van der Waals surface area contributed by atoms with E-state index in [2.05, 4.69) is 6.58 Å². The second kappa shape index (κ2) is 6.69. The molecular formula is C14H20N2O2. The first-order valence-corrected chi connectivity index (χ1v) is 5.85. The van der Waals surface area contributed by atoms with Crippen molar-refractivity contribution in [3.63, 3.8) is 0 Å². The van der Waals surface area contributed by atoms with Crippen LogP contribution in [-0.2, 0) is 4.79 Å². The van der Waals surface area contributed by atoms with E-state index in [0.29, 0.717) is 25.3 Å². The topological polar surface area (TPSA) is 55.6 Å². The number of carbonyl (C=O) groups excluding carboxylic acids is 1. The van der Waals surface area contributed by atoms with Crippen LogP contribution in [0.1, 0.15) is 13.3 Å². The molecule has 18 heavy (non-hydrogen) atoms. The van der Waals surface area contributed by atoms with E-state index in [-0.39, 0.29) is 5.91 Å². The minimum atomic E-state index is 0.0495. The van der Waals surface area contributed by atoms with Gasteiger partial charge in [0.2, 0.25) is 5.91 Å². The molecule has 0 aliphatic rings. The van der Waals surface area contributed by atoms with Gasteiger partial charge >= 0.3 is 0 Å². The van der Waals surface area contributed by atoms with Gasteiger partial charge in [0.25, 0.3) is 0 Å². The van der Waals surface area contributed by atoms with Crippen LogP contribution in [0.25, 0.3) is 0 Å². The van der Waals surface area contributed by atoms with E-state index >= 15 is 0 Å². The molecule has 0 aliphatic heterocycles. The van der Waals surface area contributed by atoms with Crippen LogP contribution in [-0.4, -0.2) is 31.0 Å². The molecule has 1 rings (SSSR count). The van der Waals surface area contributed by atoms with Crippen molar-refractivity contribution in [2.24, 2.45) is 0 Å². The largest absolute Gasteiger partial charge is 0.493 e. The Kier molecular flexibility index (Phi) is 5.24. The summed E-state index contributed by atoms with van der Waals surface area (Å²) in [5, 5.41) is 0. The Bertz CT molecular complexity index is 412. The highest BCUT2D eigenvalue weighted by atomic mass is 16.5. The third kappa shape index (κ3) is 4.91. The predicted molar refractivity (Wildman–Crippen MR) is 73.4 cm³/mol. The van der Waals surface area contributed by atoms with Crippen LogP contribution in [0.2, 0.25) is 0 Å². The molecule has 0 unspecified atom stereocenters. The van der Waals surface area contributed by atoms with Crippen molar-refractivity contribution < 1.29 is 9.53 Å². The molecule has 4 heteroatoms. The summed E-state index contributed by atoms with van der Waals surface area (Å²) >= 11 is 0. The second-order valence-electron chi connectivity index (χ2n) is 4.37.